The van der Waals surface area contributed by atoms with Gasteiger partial charge in [0.1, 0.15) is 0 Å². The molecule has 3 heterocycles. The molecule has 3 saturated carbocycles. The van der Waals surface area contributed by atoms with Gasteiger partial charge in [-0.2, -0.15) is 4.37 Å². The third-order valence-electron chi connectivity index (χ3n) is 10.7. The molecule has 3 aliphatic carbocycles. The van der Waals surface area contributed by atoms with Crippen LogP contribution in [0.15, 0.2) is 24.3 Å². The van der Waals surface area contributed by atoms with Crippen molar-refractivity contribution >= 4 is 39.3 Å². The molecule has 7 heteroatoms. The van der Waals surface area contributed by atoms with E-state index in [1.165, 1.54) is 42.3 Å². The summed E-state index contributed by atoms with van der Waals surface area (Å²) in [4.78, 5) is 30.9. The van der Waals surface area contributed by atoms with E-state index in [4.69, 9.17) is 4.37 Å². The van der Waals surface area contributed by atoms with Crippen LogP contribution in [0.4, 0.5) is 5.82 Å². The van der Waals surface area contributed by atoms with Crippen molar-refractivity contribution in [1.29, 1.82) is 0 Å². The molecule has 6 unspecified atom stereocenters. The van der Waals surface area contributed by atoms with Crippen LogP contribution in [-0.4, -0.2) is 71.9 Å². The number of benzene rings is 1. The number of quaternary nitrogens is 1. The highest BCUT2D eigenvalue weighted by Gasteiger charge is 2.61. The van der Waals surface area contributed by atoms with Gasteiger partial charge < -0.3 is 9.38 Å². The fourth-order valence-electron chi connectivity index (χ4n) is 8.66. The Labute approximate surface area is 218 Å². The number of anilines is 1. The quantitative estimate of drug-likeness (QED) is 0.445. The summed E-state index contributed by atoms with van der Waals surface area (Å²) < 4.78 is 7.16. The van der Waals surface area contributed by atoms with Crippen LogP contribution in [0.1, 0.15) is 44.9 Å². The summed E-state index contributed by atoms with van der Waals surface area (Å²) in [6, 6.07) is 8.57. The van der Waals surface area contributed by atoms with Gasteiger partial charge >= 0.3 is 0 Å². The largest absolute Gasteiger partial charge is 0.344 e. The first-order valence-corrected chi connectivity index (χ1v) is 15.1. The topological polar surface area (TPSA) is 53.5 Å². The van der Waals surface area contributed by atoms with Crippen LogP contribution in [-0.2, 0) is 9.59 Å². The predicted octanol–water partition coefficient (Wildman–Crippen LogP) is 4.40. The maximum absolute atomic E-state index is 13.4. The number of imide groups is 1. The highest BCUT2D eigenvalue weighted by molar-refractivity contribution is 7.13. The van der Waals surface area contributed by atoms with Crippen LogP contribution < -0.4 is 4.90 Å². The number of piperazine rings is 1. The molecule has 2 bridgehead atoms. The summed E-state index contributed by atoms with van der Waals surface area (Å²) in [5, 5.41) is 1.28. The minimum atomic E-state index is 0.0257. The Kier molecular flexibility index (Phi) is 5.66. The van der Waals surface area contributed by atoms with Crippen LogP contribution in [0.5, 0.6) is 0 Å². The van der Waals surface area contributed by atoms with Crippen molar-refractivity contribution < 1.29 is 14.1 Å². The van der Waals surface area contributed by atoms with E-state index < -0.39 is 0 Å². The molecule has 2 aromatic rings. The van der Waals surface area contributed by atoms with Crippen LogP contribution in [0, 0.1) is 35.5 Å². The number of carbonyl (C=O) groups is 2. The standard InChI is InChI=1S/C29H39N4O2S/c1-33(14-12-31(13-15-33)27-23-8-4-5-9-24(23)36-30-27)18-22-7-3-2-6-21(22)17-32-28(34)25-19-10-11-20(16-19)26(25)29(32)35/h4-5,8-9,19-22,25-26H,2-3,6-7,10-18H2,1H3/q+1. The van der Waals surface area contributed by atoms with Crippen molar-refractivity contribution in [2.24, 2.45) is 35.5 Å². The second kappa shape index (κ2) is 8.80. The molecule has 6 nitrogen and oxygen atoms in total. The fraction of sp³-hybridized carbons (Fsp3) is 0.690. The van der Waals surface area contributed by atoms with Crippen LogP contribution >= 0.6 is 11.5 Å². The number of fused-ring (bicyclic) bond motifs is 6. The minimum Gasteiger partial charge on any atom is -0.344 e. The van der Waals surface area contributed by atoms with Crippen molar-refractivity contribution in [3.63, 3.8) is 0 Å². The number of likely N-dealkylation sites (tertiary alicyclic amines) is 1. The highest BCUT2D eigenvalue weighted by atomic mass is 32.1. The lowest BCUT2D eigenvalue weighted by Crippen LogP contribution is -2.60. The first-order valence-electron chi connectivity index (χ1n) is 14.3. The van der Waals surface area contributed by atoms with E-state index in [2.05, 4.69) is 36.2 Å². The van der Waals surface area contributed by atoms with E-state index in [1.807, 2.05) is 0 Å². The van der Waals surface area contributed by atoms with E-state index >= 15 is 0 Å². The zero-order chi connectivity index (χ0) is 24.4. The maximum atomic E-state index is 13.4. The van der Waals surface area contributed by atoms with Crippen molar-refractivity contribution in [1.82, 2.24) is 9.27 Å². The van der Waals surface area contributed by atoms with Gasteiger partial charge in [0.15, 0.2) is 5.82 Å². The molecule has 36 heavy (non-hydrogen) atoms. The number of aromatic nitrogens is 1. The Morgan fingerprint density at radius 2 is 1.61 bits per heavy atom. The Morgan fingerprint density at radius 1 is 0.944 bits per heavy atom. The second-order valence-corrected chi connectivity index (χ2v) is 13.5. The molecule has 5 fully saturated rings. The number of rotatable bonds is 5. The number of likely N-dealkylation sites (N-methyl/N-ethyl adjacent to an activating group) is 1. The predicted molar refractivity (Wildman–Crippen MR) is 143 cm³/mol. The molecule has 1 aromatic carbocycles. The average molecular weight is 508 g/mol. The van der Waals surface area contributed by atoms with Crippen molar-refractivity contribution in [2.45, 2.75) is 44.9 Å². The molecule has 1 aromatic heterocycles. The molecule has 2 amide bonds. The highest BCUT2D eigenvalue weighted by Crippen LogP contribution is 2.56. The molecule has 2 saturated heterocycles. The van der Waals surface area contributed by atoms with Crippen LogP contribution in [0.3, 0.4) is 0 Å². The molecule has 7 rings (SSSR count). The molecule has 0 spiro atoms. The monoisotopic (exact) mass is 507 g/mol. The van der Waals surface area contributed by atoms with E-state index in [0.29, 0.717) is 30.2 Å². The smallest absolute Gasteiger partial charge is 0.233 e. The lowest BCUT2D eigenvalue weighted by Gasteiger charge is -2.46. The first kappa shape index (κ1) is 23.2. The van der Waals surface area contributed by atoms with Gasteiger partial charge in [-0.1, -0.05) is 25.0 Å². The fourth-order valence-corrected chi connectivity index (χ4v) is 9.45. The van der Waals surface area contributed by atoms with Gasteiger partial charge in [0.2, 0.25) is 11.8 Å². The minimum absolute atomic E-state index is 0.0257. The van der Waals surface area contributed by atoms with Gasteiger partial charge in [-0.05, 0) is 73.5 Å². The van der Waals surface area contributed by atoms with Crippen molar-refractivity contribution in [2.75, 3.05) is 51.2 Å². The number of hydrogen-bond donors (Lipinski definition) is 0. The lowest BCUT2D eigenvalue weighted by atomic mass is 9.78. The Bertz CT molecular complexity index is 1140. The SMILES string of the molecule is C[N+]1(CC2CCCCC2CN2C(=O)C3C4CCC(C4)C3C2=O)CCN(c2nsc3ccccc23)CC1. The molecular formula is C29H39N4O2S+. The van der Waals surface area contributed by atoms with E-state index in [1.54, 1.807) is 16.4 Å². The van der Waals surface area contributed by atoms with Crippen LogP contribution in [0.25, 0.3) is 10.1 Å². The van der Waals surface area contributed by atoms with Gasteiger partial charge in [0.05, 0.1) is 56.3 Å². The van der Waals surface area contributed by atoms with Gasteiger partial charge in [0.25, 0.3) is 0 Å². The van der Waals surface area contributed by atoms with Gasteiger partial charge in [-0.15, -0.1) is 0 Å². The lowest BCUT2D eigenvalue weighted by molar-refractivity contribution is -0.913. The number of nitrogens with zero attached hydrogens (tertiary/aromatic N) is 4. The Morgan fingerprint density at radius 3 is 2.33 bits per heavy atom. The van der Waals surface area contributed by atoms with Gasteiger partial charge in [0, 0.05) is 17.8 Å². The molecule has 2 aliphatic heterocycles. The second-order valence-electron chi connectivity index (χ2n) is 12.7. The number of carbonyl (C=O) groups excluding carboxylic acids is 2. The maximum Gasteiger partial charge on any atom is 0.233 e. The van der Waals surface area contributed by atoms with Gasteiger partial charge in [-0.3, -0.25) is 14.5 Å². The third kappa shape index (κ3) is 3.72. The summed E-state index contributed by atoms with van der Waals surface area (Å²) in [7, 11) is 2.43. The first-order chi connectivity index (χ1) is 17.5. The normalized spacial score (nSPS) is 35.7. The molecular weight excluding hydrogens is 468 g/mol. The summed E-state index contributed by atoms with van der Waals surface area (Å²) in [6.45, 7) is 6.19. The summed E-state index contributed by atoms with van der Waals surface area (Å²) in [5.41, 5.74) is 0. The number of amides is 2. The molecule has 5 aliphatic rings. The average Bonchev–Trinajstić information content (AvgIpc) is 3.66. The van der Waals surface area contributed by atoms with E-state index in [0.717, 1.165) is 55.7 Å². The third-order valence-corrected chi connectivity index (χ3v) is 11.5. The number of hydrogen-bond acceptors (Lipinski definition) is 5. The van der Waals surface area contributed by atoms with Gasteiger partial charge in [-0.25, -0.2) is 0 Å². The van der Waals surface area contributed by atoms with Crippen LogP contribution in [0.2, 0.25) is 0 Å². The summed E-state index contributed by atoms with van der Waals surface area (Å²) in [6.07, 6.45) is 8.38. The Balaban J connectivity index is 1.01. The van der Waals surface area contributed by atoms with Crippen molar-refractivity contribution in [3.05, 3.63) is 24.3 Å². The van der Waals surface area contributed by atoms with Crippen molar-refractivity contribution in [3.8, 4) is 0 Å². The van der Waals surface area contributed by atoms with E-state index in [9.17, 15) is 9.59 Å². The van der Waals surface area contributed by atoms with E-state index in [-0.39, 0.29) is 23.7 Å². The Hall–Kier alpha value is -1.99. The molecule has 0 N–H and O–H groups in total. The zero-order valence-corrected chi connectivity index (χ0v) is 22.3. The summed E-state index contributed by atoms with van der Waals surface area (Å²) >= 11 is 1.61. The summed E-state index contributed by atoms with van der Waals surface area (Å²) in [5.74, 6) is 3.63. The molecule has 6 atom stereocenters. The zero-order valence-electron chi connectivity index (χ0n) is 21.5. The molecule has 192 valence electrons. The molecule has 0 radical (unpaired) electrons.